The largest absolute Gasteiger partial charge is 0.483 e. The first-order valence-corrected chi connectivity index (χ1v) is 10.9. The molecule has 0 aliphatic rings. The van der Waals surface area contributed by atoms with Crippen molar-refractivity contribution in [3.05, 3.63) is 93.5 Å². The van der Waals surface area contributed by atoms with Crippen molar-refractivity contribution in [1.29, 1.82) is 5.26 Å². The van der Waals surface area contributed by atoms with Crippen molar-refractivity contribution >= 4 is 45.2 Å². The molecule has 2 amide bonds. The van der Waals surface area contributed by atoms with Crippen LogP contribution in [0.15, 0.2) is 76.8 Å². The predicted molar refractivity (Wildman–Crippen MR) is 133 cm³/mol. The summed E-state index contributed by atoms with van der Waals surface area (Å²) in [6.07, 6.45) is 1.44. The van der Waals surface area contributed by atoms with E-state index >= 15 is 0 Å². The topological polar surface area (TPSA) is 91.2 Å². The van der Waals surface area contributed by atoms with Gasteiger partial charge < -0.3 is 15.4 Å². The standard InChI is InChI=1S/C26H22BrN3O3/c1-17-6-5-8-22(12-17)29-25(31)16-33-24-11-10-21(27)14-19(24)13-20(15-28)26(32)30-23-9-4-3-7-18(23)2/h3-14H,16H2,1-2H3,(H,29,31)(H,30,32)/b20-13+. The van der Waals surface area contributed by atoms with Crippen molar-refractivity contribution in [3.8, 4) is 11.8 Å². The highest BCUT2D eigenvalue weighted by Gasteiger charge is 2.13. The van der Waals surface area contributed by atoms with E-state index in [0.29, 0.717) is 22.7 Å². The molecule has 166 valence electrons. The molecule has 3 aromatic rings. The molecule has 33 heavy (non-hydrogen) atoms. The Hall–Kier alpha value is -3.89. The fraction of sp³-hybridized carbons (Fsp3) is 0.115. The summed E-state index contributed by atoms with van der Waals surface area (Å²) in [4.78, 5) is 25.0. The van der Waals surface area contributed by atoms with E-state index in [1.165, 1.54) is 6.08 Å². The van der Waals surface area contributed by atoms with Crippen molar-refractivity contribution in [3.63, 3.8) is 0 Å². The molecule has 0 atom stereocenters. The normalized spacial score (nSPS) is 10.8. The van der Waals surface area contributed by atoms with Gasteiger partial charge in [0.25, 0.3) is 11.8 Å². The van der Waals surface area contributed by atoms with Crippen LogP contribution < -0.4 is 15.4 Å². The van der Waals surface area contributed by atoms with Crippen LogP contribution in [0.3, 0.4) is 0 Å². The van der Waals surface area contributed by atoms with Crippen LogP contribution in [-0.4, -0.2) is 18.4 Å². The smallest absolute Gasteiger partial charge is 0.266 e. The number of nitrogens with one attached hydrogen (secondary N) is 2. The second-order valence-corrected chi connectivity index (χ2v) is 8.24. The van der Waals surface area contributed by atoms with Crippen LogP contribution in [0.5, 0.6) is 5.75 Å². The van der Waals surface area contributed by atoms with E-state index in [1.807, 2.05) is 50.2 Å². The molecule has 0 heterocycles. The molecule has 0 aromatic heterocycles. The number of amides is 2. The van der Waals surface area contributed by atoms with Gasteiger partial charge >= 0.3 is 0 Å². The first-order valence-electron chi connectivity index (χ1n) is 10.1. The van der Waals surface area contributed by atoms with Crippen molar-refractivity contribution in [2.24, 2.45) is 0 Å². The Bertz CT molecular complexity index is 1260. The van der Waals surface area contributed by atoms with Gasteiger partial charge in [-0.05, 0) is 67.4 Å². The number of anilines is 2. The lowest BCUT2D eigenvalue weighted by Crippen LogP contribution is -2.20. The molecule has 2 N–H and O–H groups in total. The van der Waals surface area contributed by atoms with E-state index in [1.54, 1.807) is 36.4 Å². The third kappa shape index (κ3) is 6.79. The number of benzene rings is 3. The Morgan fingerprint density at radius 2 is 1.82 bits per heavy atom. The zero-order valence-corrected chi connectivity index (χ0v) is 19.8. The zero-order valence-electron chi connectivity index (χ0n) is 18.2. The SMILES string of the molecule is Cc1cccc(NC(=O)COc2ccc(Br)cc2/C=C(\C#N)C(=O)Nc2ccccc2C)c1. The van der Waals surface area contributed by atoms with E-state index in [-0.39, 0.29) is 18.1 Å². The summed E-state index contributed by atoms with van der Waals surface area (Å²) in [5, 5.41) is 15.1. The Labute approximate surface area is 201 Å². The molecule has 0 unspecified atom stereocenters. The second kappa shape index (κ2) is 11.1. The van der Waals surface area contributed by atoms with E-state index in [4.69, 9.17) is 4.74 Å². The highest BCUT2D eigenvalue weighted by molar-refractivity contribution is 9.10. The number of hydrogen-bond donors (Lipinski definition) is 2. The molecule has 0 fully saturated rings. The van der Waals surface area contributed by atoms with Crippen LogP contribution in [0, 0.1) is 25.2 Å². The molecule has 0 spiro atoms. The number of rotatable bonds is 7. The van der Waals surface area contributed by atoms with E-state index in [0.717, 1.165) is 15.6 Å². The number of hydrogen-bond acceptors (Lipinski definition) is 4. The van der Waals surface area contributed by atoms with Crippen molar-refractivity contribution in [2.45, 2.75) is 13.8 Å². The van der Waals surface area contributed by atoms with Gasteiger partial charge in [0, 0.05) is 21.4 Å². The Balaban J connectivity index is 1.75. The number of para-hydroxylation sites is 1. The molecule has 0 aliphatic carbocycles. The van der Waals surface area contributed by atoms with Gasteiger partial charge in [-0.3, -0.25) is 9.59 Å². The minimum absolute atomic E-state index is 0.0922. The van der Waals surface area contributed by atoms with Gasteiger partial charge in [-0.25, -0.2) is 0 Å². The molecule has 6 nitrogen and oxygen atoms in total. The van der Waals surface area contributed by atoms with Gasteiger partial charge in [0.05, 0.1) is 0 Å². The minimum atomic E-state index is -0.532. The third-order valence-corrected chi connectivity index (χ3v) is 5.18. The van der Waals surface area contributed by atoms with Gasteiger partial charge in [-0.2, -0.15) is 5.26 Å². The second-order valence-electron chi connectivity index (χ2n) is 7.33. The zero-order chi connectivity index (χ0) is 23.8. The van der Waals surface area contributed by atoms with E-state index in [2.05, 4.69) is 26.6 Å². The quantitative estimate of drug-likeness (QED) is 0.322. The number of carbonyl (C=O) groups excluding carboxylic acids is 2. The molecule has 3 aromatic carbocycles. The molecule has 3 rings (SSSR count). The maximum atomic E-state index is 12.7. The molecule has 0 aliphatic heterocycles. The van der Waals surface area contributed by atoms with Crippen molar-refractivity contribution in [1.82, 2.24) is 0 Å². The van der Waals surface area contributed by atoms with E-state index in [9.17, 15) is 14.9 Å². The molecular weight excluding hydrogens is 482 g/mol. The first-order chi connectivity index (χ1) is 15.9. The number of ether oxygens (including phenoxy) is 1. The summed E-state index contributed by atoms with van der Waals surface area (Å²) in [7, 11) is 0. The monoisotopic (exact) mass is 503 g/mol. The summed E-state index contributed by atoms with van der Waals surface area (Å²) < 4.78 is 6.44. The maximum absolute atomic E-state index is 12.7. The number of halogens is 1. The highest BCUT2D eigenvalue weighted by atomic mass is 79.9. The van der Waals surface area contributed by atoms with Crippen LogP contribution in [0.2, 0.25) is 0 Å². The predicted octanol–water partition coefficient (Wildman–Crippen LogP) is 5.63. The van der Waals surface area contributed by atoms with Gasteiger partial charge in [0.15, 0.2) is 6.61 Å². The number of carbonyl (C=O) groups is 2. The number of nitrogens with zero attached hydrogens (tertiary/aromatic N) is 1. The molecule has 7 heteroatoms. The number of nitriles is 1. The number of aryl methyl sites for hydroxylation is 2. The minimum Gasteiger partial charge on any atom is -0.483 e. The van der Waals surface area contributed by atoms with Crippen LogP contribution in [0.1, 0.15) is 16.7 Å². The van der Waals surface area contributed by atoms with Gasteiger partial charge in [0.2, 0.25) is 0 Å². The fourth-order valence-electron chi connectivity index (χ4n) is 3.03. The maximum Gasteiger partial charge on any atom is 0.266 e. The third-order valence-electron chi connectivity index (χ3n) is 4.69. The van der Waals surface area contributed by atoms with Crippen molar-refractivity contribution < 1.29 is 14.3 Å². The van der Waals surface area contributed by atoms with Gasteiger partial charge in [0.1, 0.15) is 17.4 Å². The fourth-order valence-corrected chi connectivity index (χ4v) is 3.41. The highest BCUT2D eigenvalue weighted by Crippen LogP contribution is 2.26. The Kier molecular flexibility index (Phi) is 8.01. The van der Waals surface area contributed by atoms with Crippen LogP contribution in [-0.2, 0) is 9.59 Å². The Morgan fingerprint density at radius 3 is 2.55 bits per heavy atom. The summed E-state index contributed by atoms with van der Waals surface area (Å²) in [6, 6.07) is 21.8. The summed E-state index contributed by atoms with van der Waals surface area (Å²) in [5.41, 5.74) is 3.62. The van der Waals surface area contributed by atoms with Crippen molar-refractivity contribution in [2.75, 3.05) is 17.2 Å². The lowest BCUT2D eigenvalue weighted by Gasteiger charge is -2.11. The average molecular weight is 504 g/mol. The molecule has 0 saturated heterocycles. The first kappa shape index (κ1) is 23.8. The summed E-state index contributed by atoms with van der Waals surface area (Å²) in [6.45, 7) is 3.58. The Morgan fingerprint density at radius 1 is 1.03 bits per heavy atom. The molecule has 0 saturated carbocycles. The summed E-state index contributed by atoms with van der Waals surface area (Å²) >= 11 is 3.39. The average Bonchev–Trinajstić information content (AvgIpc) is 2.78. The van der Waals surface area contributed by atoms with E-state index < -0.39 is 5.91 Å². The molecule has 0 radical (unpaired) electrons. The summed E-state index contributed by atoms with van der Waals surface area (Å²) in [5.74, 6) is -0.486. The van der Waals surface area contributed by atoms with Gasteiger partial charge in [-0.1, -0.05) is 46.3 Å². The molecular formula is C26H22BrN3O3. The van der Waals surface area contributed by atoms with Crippen LogP contribution in [0.25, 0.3) is 6.08 Å². The lowest BCUT2D eigenvalue weighted by molar-refractivity contribution is -0.118. The van der Waals surface area contributed by atoms with Crippen LogP contribution in [0.4, 0.5) is 11.4 Å². The van der Waals surface area contributed by atoms with Gasteiger partial charge in [-0.15, -0.1) is 0 Å². The van der Waals surface area contributed by atoms with Crippen LogP contribution >= 0.6 is 15.9 Å². The molecule has 0 bridgehead atoms. The lowest BCUT2D eigenvalue weighted by atomic mass is 10.1.